The lowest BCUT2D eigenvalue weighted by atomic mass is 10.1. The minimum Gasteiger partial charge on any atom is -0.487 e. The summed E-state index contributed by atoms with van der Waals surface area (Å²) >= 11 is 0. The second kappa shape index (κ2) is 6.90. The Kier molecular flexibility index (Phi) is 4.69. The van der Waals surface area contributed by atoms with Crippen molar-refractivity contribution in [2.45, 2.75) is 32.4 Å². The maximum Gasteiger partial charge on any atom is 0.244 e. The average Bonchev–Trinajstić information content (AvgIpc) is 2.88. The molecule has 2 aromatic rings. The fourth-order valence-electron chi connectivity index (χ4n) is 2.86. The molecule has 1 amide bonds. The standard InChI is InChI=1S/C17H21FN4O2/c1-12-10-16(19)22(20-12)11-17(23)21-8-6-13(7-9-21)24-15-5-3-2-4-14(15)18/h2-5,10,13H,6-9,11,19H2,1H3. The van der Waals surface area contributed by atoms with Gasteiger partial charge in [0.05, 0.1) is 5.69 Å². The van der Waals surface area contributed by atoms with Crippen LogP contribution in [0.15, 0.2) is 30.3 Å². The fourth-order valence-corrected chi connectivity index (χ4v) is 2.86. The molecule has 0 saturated carbocycles. The van der Waals surface area contributed by atoms with Gasteiger partial charge in [-0.15, -0.1) is 0 Å². The van der Waals surface area contributed by atoms with Crippen LogP contribution in [0.3, 0.4) is 0 Å². The number of aryl methyl sites for hydroxylation is 1. The molecule has 0 aliphatic carbocycles. The Hall–Kier alpha value is -2.57. The van der Waals surface area contributed by atoms with E-state index in [1.54, 1.807) is 29.2 Å². The molecule has 1 aromatic carbocycles. The average molecular weight is 332 g/mol. The minimum absolute atomic E-state index is 0.0193. The predicted molar refractivity (Wildman–Crippen MR) is 88.0 cm³/mol. The first-order valence-corrected chi connectivity index (χ1v) is 8.02. The maximum atomic E-state index is 13.6. The number of likely N-dealkylation sites (tertiary alicyclic amines) is 1. The van der Waals surface area contributed by atoms with Crippen molar-refractivity contribution in [3.8, 4) is 5.75 Å². The Morgan fingerprint density at radius 3 is 2.71 bits per heavy atom. The van der Waals surface area contributed by atoms with Crippen LogP contribution in [0.4, 0.5) is 10.2 Å². The third-order valence-corrected chi connectivity index (χ3v) is 4.14. The molecule has 0 radical (unpaired) electrons. The molecular formula is C17H21FN4O2. The maximum absolute atomic E-state index is 13.6. The highest BCUT2D eigenvalue weighted by Gasteiger charge is 2.25. The Balaban J connectivity index is 1.52. The van der Waals surface area contributed by atoms with Gasteiger partial charge in [-0.2, -0.15) is 5.10 Å². The number of piperidine rings is 1. The van der Waals surface area contributed by atoms with E-state index in [2.05, 4.69) is 5.10 Å². The molecule has 0 spiro atoms. The Morgan fingerprint density at radius 2 is 2.08 bits per heavy atom. The van der Waals surface area contributed by atoms with E-state index in [9.17, 15) is 9.18 Å². The van der Waals surface area contributed by atoms with E-state index in [1.807, 2.05) is 6.92 Å². The molecule has 2 N–H and O–H groups in total. The summed E-state index contributed by atoms with van der Waals surface area (Å²) in [6.07, 6.45) is 1.27. The van der Waals surface area contributed by atoms with Crippen molar-refractivity contribution < 1.29 is 13.9 Å². The van der Waals surface area contributed by atoms with Gasteiger partial charge in [0.15, 0.2) is 11.6 Å². The first kappa shape index (κ1) is 16.3. The molecule has 1 fully saturated rings. The van der Waals surface area contributed by atoms with Crippen molar-refractivity contribution in [1.29, 1.82) is 0 Å². The van der Waals surface area contributed by atoms with Gasteiger partial charge >= 0.3 is 0 Å². The number of halogens is 1. The number of nitrogen functional groups attached to an aromatic ring is 1. The predicted octanol–water partition coefficient (Wildman–Crippen LogP) is 1.98. The van der Waals surface area contributed by atoms with Crippen LogP contribution >= 0.6 is 0 Å². The number of amides is 1. The van der Waals surface area contributed by atoms with E-state index in [-0.39, 0.29) is 30.1 Å². The molecule has 24 heavy (non-hydrogen) atoms. The van der Waals surface area contributed by atoms with Gasteiger partial charge < -0.3 is 15.4 Å². The van der Waals surface area contributed by atoms with Crippen molar-refractivity contribution in [2.75, 3.05) is 18.8 Å². The second-order valence-electron chi connectivity index (χ2n) is 6.00. The third-order valence-electron chi connectivity index (χ3n) is 4.14. The lowest BCUT2D eigenvalue weighted by Crippen LogP contribution is -2.43. The van der Waals surface area contributed by atoms with Crippen LogP contribution < -0.4 is 10.5 Å². The van der Waals surface area contributed by atoms with Crippen LogP contribution in [-0.4, -0.2) is 39.8 Å². The summed E-state index contributed by atoms with van der Waals surface area (Å²) in [5.41, 5.74) is 6.60. The van der Waals surface area contributed by atoms with Gasteiger partial charge in [0.1, 0.15) is 18.5 Å². The largest absolute Gasteiger partial charge is 0.487 e. The summed E-state index contributed by atoms with van der Waals surface area (Å²) < 4.78 is 20.8. The van der Waals surface area contributed by atoms with E-state index in [4.69, 9.17) is 10.5 Å². The molecule has 3 rings (SSSR count). The summed E-state index contributed by atoms with van der Waals surface area (Å²) in [5, 5.41) is 4.20. The van der Waals surface area contributed by atoms with Crippen LogP contribution in [0.1, 0.15) is 18.5 Å². The number of nitrogens with zero attached hydrogens (tertiary/aromatic N) is 3. The summed E-state index contributed by atoms with van der Waals surface area (Å²) in [7, 11) is 0. The minimum atomic E-state index is -0.361. The zero-order valence-corrected chi connectivity index (χ0v) is 13.6. The molecule has 1 aromatic heterocycles. The normalized spacial score (nSPS) is 15.5. The highest BCUT2D eigenvalue weighted by atomic mass is 19.1. The summed E-state index contributed by atoms with van der Waals surface area (Å²) in [6, 6.07) is 8.11. The highest BCUT2D eigenvalue weighted by Crippen LogP contribution is 2.22. The van der Waals surface area contributed by atoms with Crippen LogP contribution in [0.25, 0.3) is 0 Å². The topological polar surface area (TPSA) is 73.4 Å². The van der Waals surface area contributed by atoms with Crippen molar-refractivity contribution in [3.63, 3.8) is 0 Å². The first-order valence-electron chi connectivity index (χ1n) is 8.02. The summed E-state index contributed by atoms with van der Waals surface area (Å²) in [6.45, 7) is 3.14. The monoisotopic (exact) mass is 332 g/mol. The van der Waals surface area contributed by atoms with Crippen LogP contribution in [0, 0.1) is 12.7 Å². The van der Waals surface area contributed by atoms with E-state index in [1.165, 1.54) is 10.7 Å². The van der Waals surface area contributed by atoms with Crippen molar-refractivity contribution in [1.82, 2.24) is 14.7 Å². The molecule has 2 heterocycles. The molecule has 1 aliphatic heterocycles. The number of nitrogens with two attached hydrogens (primary N) is 1. The molecule has 7 heteroatoms. The van der Waals surface area contributed by atoms with Gasteiger partial charge in [0.25, 0.3) is 0 Å². The van der Waals surface area contributed by atoms with Gasteiger partial charge in [0.2, 0.25) is 5.91 Å². The SMILES string of the molecule is Cc1cc(N)n(CC(=O)N2CCC(Oc3ccccc3F)CC2)n1. The third kappa shape index (κ3) is 3.67. The first-order chi connectivity index (χ1) is 11.5. The van der Waals surface area contributed by atoms with Crippen LogP contribution in [-0.2, 0) is 11.3 Å². The molecule has 128 valence electrons. The number of para-hydroxylation sites is 1. The van der Waals surface area contributed by atoms with E-state index >= 15 is 0 Å². The summed E-state index contributed by atoms with van der Waals surface area (Å²) in [5.74, 6) is 0.371. The number of rotatable bonds is 4. The zero-order chi connectivity index (χ0) is 17.1. The molecule has 6 nitrogen and oxygen atoms in total. The molecule has 0 unspecified atom stereocenters. The molecule has 0 bridgehead atoms. The van der Waals surface area contributed by atoms with E-state index in [0.717, 1.165) is 5.69 Å². The van der Waals surface area contributed by atoms with Gasteiger partial charge in [0, 0.05) is 32.0 Å². The molecular weight excluding hydrogens is 311 g/mol. The van der Waals surface area contributed by atoms with Crippen LogP contribution in [0.5, 0.6) is 5.75 Å². The number of aromatic nitrogens is 2. The number of carbonyl (C=O) groups is 1. The number of hydrogen-bond acceptors (Lipinski definition) is 4. The number of ether oxygens (including phenoxy) is 1. The van der Waals surface area contributed by atoms with Gasteiger partial charge in [-0.3, -0.25) is 4.79 Å². The van der Waals surface area contributed by atoms with E-state index < -0.39 is 0 Å². The van der Waals surface area contributed by atoms with Gasteiger partial charge in [-0.1, -0.05) is 12.1 Å². The van der Waals surface area contributed by atoms with Crippen LogP contribution in [0.2, 0.25) is 0 Å². The number of anilines is 1. The highest BCUT2D eigenvalue weighted by molar-refractivity contribution is 5.76. The lowest BCUT2D eigenvalue weighted by molar-refractivity contribution is -0.133. The number of benzene rings is 1. The molecule has 1 aliphatic rings. The summed E-state index contributed by atoms with van der Waals surface area (Å²) in [4.78, 5) is 14.1. The van der Waals surface area contributed by atoms with Crippen molar-refractivity contribution in [3.05, 3.63) is 41.8 Å². The Labute approximate surface area is 140 Å². The second-order valence-corrected chi connectivity index (χ2v) is 6.00. The van der Waals surface area contributed by atoms with Crippen molar-refractivity contribution >= 4 is 11.7 Å². The van der Waals surface area contributed by atoms with Gasteiger partial charge in [-0.25, -0.2) is 9.07 Å². The fraction of sp³-hybridized carbons (Fsp3) is 0.412. The Bertz CT molecular complexity index is 723. The number of carbonyl (C=O) groups excluding carboxylic acids is 1. The Morgan fingerprint density at radius 1 is 1.38 bits per heavy atom. The quantitative estimate of drug-likeness (QED) is 0.929. The number of hydrogen-bond donors (Lipinski definition) is 1. The molecule has 0 atom stereocenters. The van der Waals surface area contributed by atoms with Gasteiger partial charge in [-0.05, 0) is 19.1 Å². The van der Waals surface area contributed by atoms with E-state index in [0.29, 0.717) is 31.7 Å². The smallest absolute Gasteiger partial charge is 0.244 e. The lowest BCUT2D eigenvalue weighted by Gasteiger charge is -2.32. The zero-order valence-electron chi connectivity index (χ0n) is 13.6. The van der Waals surface area contributed by atoms with Crippen molar-refractivity contribution in [2.24, 2.45) is 0 Å². The molecule has 1 saturated heterocycles.